The van der Waals surface area contributed by atoms with Crippen molar-refractivity contribution < 1.29 is 0 Å². The highest BCUT2D eigenvalue weighted by Crippen LogP contribution is 2.42. The molecule has 0 bridgehead atoms. The van der Waals surface area contributed by atoms with Crippen LogP contribution in [0.15, 0.2) is 116 Å². The molecule has 0 saturated carbocycles. The van der Waals surface area contributed by atoms with Crippen molar-refractivity contribution in [3.05, 3.63) is 127 Å². The van der Waals surface area contributed by atoms with Crippen molar-refractivity contribution in [2.75, 3.05) is 0 Å². The first-order chi connectivity index (χ1) is 21.6. The molecule has 4 heteroatoms. The zero-order valence-corrected chi connectivity index (χ0v) is 26.8. The number of nitrogens with one attached hydrogen (secondary N) is 1. The quantitative estimate of drug-likeness (QED) is 0.223. The lowest BCUT2D eigenvalue weighted by Crippen LogP contribution is -2.11. The maximum absolute atomic E-state index is 5.17. The van der Waals surface area contributed by atoms with Crippen molar-refractivity contribution in [1.82, 2.24) is 19.9 Å². The van der Waals surface area contributed by atoms with E-state index in [1.807, 2.05) is 18.5 Å². The van der Waals surface area contributed by atoms with Gasteiger partial charge in [-0.1, -0.05) is 77.9 Å². The van der Waals surface area contributed by atoms with Crippen molar-refractivity contribution in [2.45, 2.75) is 52.4 Å². The molecular weight excluding hydrogens is 548 g/mol. The Kier molecular flexibility index (Phi) is 6.89. The summed E-state index contributed by atoms with van der Waals surface area (Å²) in [6.07, 6.45) is 5.59. The van der Waals surface area contributed by atoms with E-state index in [0.29, 0.717) is 0 Å². The van der Waals surface area contributed by atoms with Gasteiger partial charge in [0.25, 0.3) is 0 Å². The van der Waals surface area contributed by atoms with Crippen LogP contribution < -0.4 is 0 Å². The monoisotopic (exact) mass is 586 g/mol. The zero-order valence-electron chi connectivity index (χ0n) is 26.8. The molecule has 0 unspecified atom stereocenters. The summed E-state index contributed by atoms with van der Waals surface area (Å²) in [5.74, 6) is 0. The third kappa shape index (κ3) is 5.42. The fourth-order valence-corrected chi connectivity index (χ4v) is 6.02. The second kappa shape index (κ2) is 10.8. The van der Waals surface area contributed by atoms with E-state index in [1.54, 1.807) is 6.20 Å². The number of fused-ring (bicyclic) bond motifs is 3. The van der Waals surface area contributed by atoms with Gasteiger partial charge in [-0.2, -0.15) is 0 Å². The molecule has 0 aliphatic carbocycles. The largest absolute Gasteiger partial charge is 0.353 e. The molecule has 0 saturated heterocycles. The summed E-state index contributed by atoms with van der Waals surface area (Å²) < 4.78 is 0. The first kappa shape index (κ1) is 28.7. The van der Waals surface area contributed by atoms with E-state index < -0.39 is 0 Å². The summed E-state index contributed by atoms with van der Waals surface area (Å²) >= 11 is 0. The molecule has 45 heavy (non-hydrogen) atoms. The molecule has 222 valence electrons. The molecule has 0 aliphatic rings. The second-order valence-corrected chi connectivity index (χ2v) is 14.0. The number of nitrogens with zero attached hydrogens (tertiary/aromatic N) is 3. The standard InChI is InChI=1S/C41H38N4/c1-40(2,3)29-21-31-32-22-30(41(4,5)6)24-34(37-20-27(17-19-43-37)26-12-8-7-9-13-26)39(32)45-38(31)33(23-29)36-16-10-15-35(44-36)28-14-11-18-42-25-28/h7-25,45H,1-6H3. The highest BCUT2D eigenvalue weighted by molar-refractivity contribution is 6.15. The highest BCUT2D eigenvalue weighted by atomic mass is 14.8. The van der Waals surface area contributed by atoms with Crippen molar-refractivity contribution in [2.24, 2.45) is 0 Å². The molecule has 0 fully saturated rings. The van der Waals surface area contributed by atoms with Crippen LogP contribution in [0, 0.1) is 0 Å². The highest BCUT2D eigenvalue weighted by Gasteiger charge is 2.24. The summed E-state index contributed by atoms with van der Waals surface area (Å²) in [6.45, 7) is 13.7. The first-order valence-electron chi connectivity index (χ1n) is 15.6. The number of hydrogen-bond acceptors (Lipinski definition) is 3. The Hall–Kier alpha value is -5.09. The minimum absolute atomic E-state index is 0.0480. The average Bonchev–Trinajstić information content (AvgIpc) is 3.43. The topological polar surface area (TPSA) is 54.5 Å². The Morgan fingerprint density at radius 3 is 1.76 bits per heavy atom. The molecule has 4 heterocycles. The SMILES string of the molecule is CC(C)(C)c1cc(-c2cc(-c3ccccc3)ccn2)c2[nH]c3c(-c4cccc(-c5cccnc5)n4)cc(C(C)(C)C)cc3c2c1. The van der Waals surface area contributed by atoms with Gasteiger partial charge in [0.05, 0.1) is 28.1 Å². The van der Waals surface area contributed by atoms with E-state index in [2.05, 4.69) is 143 Å². The van der Waals surface area contributed by atoms with Crippen molar-refractivity contribution in [1.29, 1.82) is 0 Å². The van der Waals surface area contributed by atoms with E-state index in [-0.39, 0.29) is 10.8 Å². The van der Waals surface area contributed by atoms with E-state index in [1.165, 1.54) is 27.5 Å². The lowest BCUT2D eigenvalue weighted by molar-refractivity contribution is 0.590. The van der Waals surface area contributed by atoms with Crippen LogP contribution in [0.3, 0.4) is 0 Å². The van der Waals surface area contributed by atoms with E-state index in [4.69, 9.17) is 9.97 Å². The van der Waals surface area contributed by atoms with Gasteiger partial charge in [0.15, 0.2) is 0 Å². The van der Waals surface area contributed by atoms with Gasteiger partial charge in [-0.3, -0.25) is 9.97 Å². The molecule has 4 nitrogen and oxygen atoms in total. The Bertz CT molecular complexity index is 2010. The van der Waals surface area contributed by atoms with Crippen molar-refractivity contribution >= 4 is 21.8 Å². The molecule has 7 aromatic rings. The van der Waals surface area contributed by atoms with Gasteiger partial charge in [0.1, 0.15) is 0 Å². The number of aromatic amines is 1. The molecule has 4 aromatic heterocycles. The van der Waals surface area contributed by atoms with E-state index in [0.717, 1.165) is 50.4 Å². The fraction of sp³-hybridized carbons (Fsp3) is 0.195. The van der Waals surface area contributed by atoms with Crippen LogP contribution in [0.1, 0.15) is 52.7 Å². The van der Waals surface area contributed by atoms with Gasteiger partial charge in [0.2, 0.25) is 0 Å². The van der Waals surface area contributed by atoms with Crippen LogP contribution in [0.5, 0.6) is 0 Å². The lowest BCUT2D eigenvalue weighted by atomic mass is 9.83. The van der Waals surface area contributed by atoms with Crippen LogP contribution in [-0.2, 0) is 10.8 Å². The predicted molar refractivity (Wildman–Crippen MR) is 188 cm³/mol. The molecule has 0 spiro atoms. The van der Waals surface area contributed by atoms with Gasteiger partial charge in [0, 0.05) is 46.1 Å². The number of benzene rings is 3. The Morgan fingerprint density at radius 2 is 1.13 bits per heavy atom. The maximum Gasteiger partial charge on any atom is 0.0730 e. The molecule has 0 atom stereocenters. The van der Waals surface area contributed by atoms with Crippen LogP contribution in [-0.4, -0.2) is 19.9 Å². The Balaban J connectivity index is 1.53. The molecule has 3 aromatic carbocycles. The number of hydrogen-bond donors (Lipinski definition) is 1. The van der Waals surface area contributed by atoms with Crippen molar-refractivity contribution in [3.63, 3.8) is 0 Å². The van der Waals surface area contributed by atoms with Crippen LogP contribution in [0.2, 0.25) is 0 Å². The van der Waals surface area contributed by atoms with Crippen LogP contribution >= 0.6 is 0 Å². The molecule has 1 N–H and O–H groups in total. The summed E-state index contributed by atoms with van der Waals surface area (Å²) in [7, 11) is 0. The van der Waals surface area contributed by atoms with Crippen LogP contribution in [0.25, 0.3) is 66.7 Å². The minimum Gasteiger partial charge on any atom is -0.353 e. The molecule has 0 aliphatic heterocycles. The molecule has 0 radical (unpaired) electrons. The minimum atomic E-state index is -0.0521. The number of rotatable bonds is 4. The molecule has 0 amide bonds. The third-order valence-corrected chi connectivity index (χ3v) is 8.67. The van der Waals surface area contributed by atoms with Crippen LogP contribution in [0.4, 0.5) is 0 Å². The second-order valence-electron chi connectivity index (χ2n) is 14.0. The number of pyridine rings is 3. The van der Waals surface area contributed by atoms with Gasteiger partial charge >= 0.3 is 0 Å². The summed E-state index contributed by atoms with van der Waals surface area (Å²) in [4.78, 5) is 18.3. The lowest BCUT2D eigenvalue weighted by Gasteiger charge is -2.21. The number of aromatic nitrogens is 4. The zero-order chi connectivity index (χ0) is 31.3. The average molecular weight is 587 g/mol. The van der Waals surface area contributed by atoms with Gasteiger partial charge in [-0.05, 0) is 93.7 Å². The summed E-state index contributed by atoms with van der Waals surface area (Å²) in [5.41, 5.74) is 12.9. The Morgan fingerprint density at radius 1 is 0.511 bits per heavy atom. The predicted octanol–water partition coefficient (Wildman–Crippen LogP) is 10.8. The van der Waals surface area contributed by atoms with Gasteiger partial charge in [-0.15, -0.1) is 0 Å². The van der Waals surface area contributed by atoms with E-state index in [9.17, 15) is 0 Å². The van der Waals surface area contributed by atoms with Crippen molar-refractivity contribution in [3.8, 4) is 44.9 Å². The number of H-pyrrole nitrogens is 1. The van der Waals surface area contributed by atoms with Gasteiger partial charge in [-0.25, -0.2) is 4.98 Å². The fourth-order valence-electron chi connectivity index (χ4n) is 6.02. The van der Waals surface area contributed by atoms with Gasteiger partial charge < -0.3 is 4.98 Å². The van der Waals surface area contributed by atoms with E-state index >= 15 is 0 Å². The third-order valence-electron chi connectivity index (χ3n) is 8.67. The molecular formula is C41H38N4. The normalized spacial score (nSPS) is 12.2. The first-order valence-corrected chi connectivity index (χ1v) is 15.6. The maximum atomic E-state index is 5.17. The Labute approximate surface area is 265 Å². The molecule has 7 rings (SSSR count). The smallest absolute Gasteiger partial charge is 0.0730 e. The summed E-state index contributed by atoms with van der Waals surface area (Å²) in [6, 6.07) is 34.4. The summed E-state index contributed by atoms with van der Waals surface area (Å²) in [5, 5.41) is 2.41.